The highest BCUT2D eigenvalue weighted by atomic mass is 32.2. The lowest BCUT2D eigenvalue weighted by molar-refractivity contribution is -0.120. The molecule has 0 unspecified atom stereocenters. The van der Waals surface area contributed by atoms with Gasteiger partial charge in [0.15, 0.2) is 0 Å². The number of aryl methyl sites for hydroxylation is 2. The van der Waals surface area contributed by atoms with Crippen molar-refractivity contribution in [2.45, 2.75) is 38.6 Å². The highest BCUT2D eigenvalue weighted by Crippen LogP contribution is 2.29. The number of nitrogens with zero attached hydrogens (tertiary/aromatic N) is 1. The van der Waals surface area contributed by atoms with Gasteiger partial charge in [-0.2, -0.15) is 0 Å². The van der Waals surface area contributed by atoms with Gasteiger partial charge in [-0.05, 0) is 60.7 Å². The van der Waals surface area contributed by atoms with E-state index >= 15 is 0 Å². The predicted molar refractivity (Wildman–Crippen MR) is 126 cm³/mol. The summed E-state index contributed by atoms with van der Waals surface area (Å²) >= 11 is 0. The zero-order valence-electron chi connectivity index (χ0n) is 18.0. The van der Waals surface area contributed by atoms with Gasteiger partial charge < -0.3 is 5.32 Å². The van der Waals surface area contributed by atoms with Gasteiger partial charge in [-0.1, -0.05) is 54.6 Å². The highest BCUT2D eigenvalue weighted by Gasteiger charge is 2.23. The average Bonchev–Trinajstić information content (AvgIpc) is 2.76. The first-order chi connectivity index (χ1) is 14.8. The molecule has 1 atom stereocenters. The predicted octanol–water partition coefficient (Wildman–Crippen LogP) is 4.36. The Bertz CT molecular complexity index is 1220. The maximum absolute atomic E-state index is 12.9. The maximum atomic E-state index is 12.9. The minimum atomic E-state index is -3.64. The smallest absolute Gasteiger partial charge is 0.241 e. The Morgan fingerprint density at radius 2 is 1.71 bits per heavy atom. The fraction of sp³-hybridized carbons (Fsp3) is 0.320. The minimum absolute atomic E-state index is 0.200. The summed E-state index contributed by atoms with van der Waals surface area (Å²) in [6.45, 7) is 1.67. The van der Waals surface area contributed by atoms with Gasteiger partial charge in [-0.25, -0.2) is 8.42 Å². The summed E-state index contributed by atoms with van der Waals surface area (Å²) in [6.07, 6.45) is 5.76. The molecular formula is C25H28N2O3S. The van der Waals surface area contributed by atoms with Gasteiger partial charge in [-0.3, -0.25) is 9.10 Å². The van der Waals surface area contributed by atoms with E-state index in [2.05, 4.69) is 23.5 Å². The van der Waals surface area contributed by atoms with Gasteiger partial charge in [0.05, 0.1) is 18.0 Å². The van der Waals surface area contributed by atoms with Crippen LogP contribution in [0.1, 0.15) is 42.5 Å². The van der Waals surface area contributed by atoms with E-state index in [1.54, 1.807) is 6.07 Å². The number of carbonyl (C=O) groups excluding carboxylic acids is 1. The number of fused-ring (bicyclic) bond motifs is 2. The SMILES string of the molecule is C[C@@H](NC(=O)CN(c1cccc2ccccc12)S(C)(=O)=O)c1ccc2c(c1)CCCC2. The molecule has 1 amide bonds. The van der Waals surface area contributed by atoms with Crippen LogP contribution in [0.25, 0.3) is 10.8 Å². The van der Waals surface area contributed by atoms with E-state index in [4.69, 9.17) is 0 Å². The molecule has 0 saturated heterocycles. The lowest BCUT2D eigenvalue weighted by Gasteiger charge is -2.25. The van der Waals surface area contributed by atoms with Crippen molar-refractivity contribution >= 4 is 32.4 Å². The second-order valence-corrected chi connectivity index (χ2v) is 10.2. The summed E-state index contributed by atoms with van der Waals surface area (Å²) in [5, 5.41) is 4.70. The van der Waals surface area contributed by atoms with Crippen LogP contribution in [-0.4, -0.2) is 27.1 Å². The molecule has 162 valence electrons. The molecule has 3 aromatic rings. The van der Waals surface area contributed by atoms with E-state index in [-0.39, 0.29) is 18.5 Å². The second-order valence-electron chi connectivity index (χ2n) is 8.29. The second kappa shape index (κ2) is 8.71. The fourth-order valence-electron chi connectivity index (χ4n) is 4.33. The molecule has 0 aromatic heterocycles. The van der Waals surface area contributed by atoms with Crippen LogP contribution in [0.4, 0.5) is 5.69 Å². The van der Waals surface area contributed by atoms with Crippen LogP contribution in [0.15, 0.2) is 60.7 Å². The Labute approximate surface area is 184 Å². The van der Waals surface area contributed by atoms with Crippen molar-refractivity contribution < 1.29 is 13.2 Å². The molecule has 3 aromatic carbocycles. The Morgan fingerprint density at radius 3 is 2.48 bits per heavy atom. The molecule has 4 rings (SSSR count). The van der Waals surface area contributed by atoms with E-state index < -0.39 is 10.0 Å². The fourth-order valence-corrected chi connectivity index (χ4v) is 5.20. The average molecular weight is 437 g/mol. The Kier molecular flexibility index (Phi) is 6.01. The lowest BCUT2D eigenvalue weighted by atomic mass is 9.89. The molecule has 0 radical (unpaired) electrons. The number of rotatable bonds is 6. The van der Waals surface area contributed by atoms with Gasteiger partial charge in [-0.15, -0.1) is 0 Å². The normalized spacial score (nSPS) is 14.6. The zero-order valence-corrected chi connectivity index (χ0v) is 18.8. The van der Waals surface area contributed by atoms with Crippen LogP contribution in [0.5, 0.6) is 0 Å². The van der Waals surface area contributed by atoms with Crippen molar-refractivity contribution in [3.05, 3.63) is 77.4 Å². The number of sulfonamides is 1. The summed E-state index contributed by atoms with van der Waals surface area (Å²) in [4.78, 5) is 12.9. The number of hydrogen-bond donors (Lipinski definition) is 1. The van der Waals surface area contributed by atoms with Crippen LogP contribution in [-0.2, 0) is 27.7 Å². The van der Waals surface area contributed by atoms with Gasteiger partial charge >= 0.3 is 0 Å². The Morgan fingerprint density at radius 1 is 1.00 bits per heavy atom. The summed E-state index contributed by atoms with van der Waals surface area (Å²) in [5.74, 6) is -0.330. The zero-order chi connectivity index (χ0) is 22.0. The number of benzene rings is 3. The third kappa shape index (κ3) is 4.74. The molecule has 6 heteroatoms. The summed E-state index contributed by atoms with van der Waals surface area (Å²) in [7, 11) is -3.64. The number of nitrogens with one attached hydrogen (secondary N) is 1. The largest absolute Gasteiger partial charge is 0.348 e. The molecular weight excluding hydrogens is 408 g/mol. The van der Waals surface area contributed by atoms with Crippen molar-refractivity contribution in [2.75, 3.05) is 17.1 Å². The van der Waals surface area contributed by atoms with Crippen LogP contribution in [0.3, 0.4) is 0 Å². The van der Waals surface area contributed by atoms with E-state index in [1.165, 1.54) is 28.3 Å². The quantitative estimate of drug-likeness (QED) is 0.624. The summed E-state index contributed by atoms with van der Waals surface area (Å²) in [6, 6.07) is 19.2. The van der Waals surface area contributed by atoms with E-state index in [0.29, 0.717) is 5.69 Å². The van der Waals surface area contributed by atoms with Gasteiger partial charge in [0.1, 0.15) is 6.54 Å². The molecule has 1 aliphatic carbocycles. The lowest BCUT2D eigenvalue weighted by Crippen LogP contribution is -2.41. The molecule has 1 aliphatic rings. The molecule has 31 heavy (non-hydrogen) atoms. The first-order valence-electron chi connectivity index (χ1n) is 10.7. The monoisotopic (exact) mass is 436 g/mol. The van der Waals surface area contributed by atoms with Gasteiger partial charge in [0, 0.05) is 5.39 Å². The molecule has 0 heterocycles. The molecule has 5 nitrogen and oxygen atoms in total. The van der Waals surface area contributed by atoms with Crippen LogP contribution >= 0.6 is 0 Å². The molecule has 0 bridgehead atoms. The van der Waals surface area contributed by atoms with Crippen molar-refractivity contribution in [2.24, 2.45) is 0 Å². The third-order valence-electron chi connectivity index (χ3n) is 5.97. The van der Waals surface area contributed by atoms with Crippen molar-refractivity contribution in [1.29, 1.82) is 0 Å². The number of carbonyl (C=O) groups is 1. The molecule has 1 N–H and O–H groups in total. The molecule has 0 aliphatic heterocycles. The minimum Gasteiger partial charge on any atom is -0.348 e. The van der Waals surface area contributed by atoms with Crippen molar-refractivity contribution in [3.8, 4) is 0 Å². The van der Waals surface area contributed by atoms with Gasteiger partial charge in [0.2, 0.25) is 15.9 Å². The molecule has 0 fully saturated rings. The summed E-state index contributed by atoms with van der Waals surface area (Å²) < 4.78 is 26.3. The van der Waals surface area contributed by atoms with E-state index in [9.17, 15) is 13.2 Å². The standard InChI is InChI=1S/C25H28N2O3S/c1-18(21-15-14-19-8-3-4-10-22(19)16-21)26-25(28)17-27(31(2,29)30)24-13-7-11-20-9-5-6-12-23(20)24/h5-7,9,11-16,18H,3-4,8,10,17H2,1-2H3,(H,26,28)/t18-/m1/s1. The Hall–Kier alpha value is -2.86. The Balaban J connectivity index is 1.55. The first-order valence-corrected chi connectivity index (χ1v) is 12.5. The number of amides is 1. The van der Waals surface area contributed by atoms with Crippen molar-refractivity contribution in [1.82, 2.24) is 5.32 Å². The van der Waals surface area contributed by atoms with Crippen LogP contribution in [0.2, 0.25) is 0 Å². The highest BCUT2D eigenvalue weighted by molar-refractivity contribution is 7.92. The maximum Gasteiger partial charge on any atom is 0.241 e. The number of anilines is 1. The summed E-state index contributed by atoms with van der Waals surface area (Å²) in [5.41, 5.74) is 4.31. The van der Waals surface area contributed by atoms with E-state index in [0.717, 1.165) is 35.4 Å². The topological polar surface area (TPSA) is 66.5 Å². The van der Waals surface area contributed by atoms with Crippen LogP contribution < -0.4 is 9.62 Å². The van der Waals surface area contributed by atoms with Gasteiger partial charge in [0.25, 0.3) is 0 Å². The van der Waals surface area contributed by atoms with Crippen LogP contribution in [0, 0.1) is 0 Å². The third-order valence-corrected chi connectivity index (χ3v) is 7.10. The first kappa shape index (κ1) is 21.4. The van der Waals surface area contributed by atoms with E-state index in [1.807, 2.05) is 43.3 Å². The number of hydrogen-bond acceptors (Lipinski definition) is 3. The molecule has 0 saturated carbocycles. The molecule has 0 spiro atoms. The van der Waals surface area contributed by atoms with Crippen molar-refractivity contribution in [3.63, 3.8) is 0 Å².